The molecule has 1 unspecified atom stereocenters. The molecule has 0 saturated heterocycles. The zero-order valence-electron chi connectivity index (χ0n) is 12.3. The van der Waals surface area contributed by atoms with Gasteiger partial charge in [-0.2, -0.15) is 0 Å². The molecule has 0 spiro atoms. The van der Waals surface area contributed by atoms with Crippen LogP contribution in [0.1, 0.15) is 29.6 Å². The van der Waals surface area contributed by atoms with E-state index >= 15 is 0 Å². The minimum atomic E-state index is 0.542. The summed E-state index contributed by atoms with van der Waals surface area (Å²) in [5.74, 6) is 0.904. The molecule has 0 aliphatic carbocycles. The molecule has 2 aromatic rings. The van der Waals surface area contributed by atoms with Gasteiger partial charge in [0.2, 0.25) is 0 Å². The van der Waals surface area contributed by atoms with E-state index in [9.17, 15) is 0 Å². The van der Waals surface area contributed by atoms with E-state index in [1.54, 1.807) is 11.3 Å². The number of thiazole rings is 1. The number of ether oxygens (including phenoxy) is 1. The highest BCUT2D eigenvalue weighted by Crippen LogP contribution is 2.16. The third-order valence-corrected chi connectivity index (χ3v) is 4.16. The van der Waals surface area contributed by atoms with Gasteiger partial charge in [0.15, 0.2) is 0 Å². The van der Waals surface area contributed by atoms with E-state index in [2.05, 4.69) is 29.4 Å². The van der Waals surface area contributed by atoms with Crippen molar-refractivity contribution in [3.63, 3.8) is 0 Å². The maximum atomic E-state index is 5.74. The van der Waals surface area contributed by atoms with Crippen LogP contribution in [0.3, 0.4) is 0 Å². The average Bonchev–Trinajstić information content (AvgIpc) is 2.89. The summed E-state index contributed by atoms with van der Waals surface area (Å²) >= 11 is 1.66. The molecule has 20 heavy (non-hydrogen) atoms. The fourth-order valence-corrected chi connectivity index (χ4v) is 2.51. The Kier molecular flexibility index (Phi) is 5.56. The third kappa shape index (κ3) is 4.62. The zero-order chi connectivity index (χ0) is 14.4. The van der Waals surface area contributed by atoms with Gasteiger partial charge in [0, 0.05) is 11.4 Å². The lowest BCUT2D eigenvalue weighted by atomic mass is 10.1. The fraction of sp³-hybridized carbons (Fsp3) is 0.438. The Bertz CT molecular complexity index is 522. The van der Waals surface area contributed by atoms with Gasteiger partial charge in [-0.3, -0.25) is 0 Å². The molecule has 0 radical (unpaired) electrons. The first-order valence-corrected chi connectivity index (χ1v) is 7.85. The number of rotatable bonds is 7. The average molecular weight is 290 g/mol. The normalized spacial score (nSPS) is 12.3. The fourth-order valence-electron chi connectivity index (χ4n) is 1.91. The topological polar surface area (TPSA) is 34.1 Å². The Balaban J connectivity index is 1.82. The molecule has 0 amide bonds. The molecule has 0 saturated carbocycles. The van der Waals surface area contributed by atoms with Crippen LogP contribution in [0.25, 0.3) is 0 Å². The molecule has 1 aromatic carbocycles. The minimum absolute atomic E-state index is 0.542. The van der Waals surface area contributed by atoms with Crippen LogP contribution >= 0.6 is 11.3 Å². The Labute approximate surface area is 125 Å². The summed E-state index contributed by atoms with van der Waals surface area (Å²) in [5, 5.41) is 6.38. The molecule has 2 rings (SSSR count). The summed E-state index contributed by atoms with van der Waals surface area (Å²) in [5.41, 5.74) is 2.35. The van der Waals surface area contributed by atoms with Crippen LogP contribution in [-0.4, -0.2) is 18.1 Å². The molecule has 3 nitrogen and oxygen atoms in total. The SMILES string of the molecule is CNC(C)CCc1ccc(OCc2csc(C)n2)cc1. The van der Waals surface area contributed by atoms with Crippen molar-refractivity contribution < 1.29 is 4.74 Å². The first-order chi connectivity index (χ1) is 9.67. The van der Waals surface area contributed by atoms with E-state index < -0.39 is 0 Å². The summed E-state index contributed by atoms with van der Waals surface area (Å²) in [6, 6.07) is 8.92. The van der Waals surface area contributed by atoms with Crippen LogP contribution in [0, 0.1) is 6.92 Å². The number of hydrogen-bond donors (Lipinski definition) is 1. The predicted octanol–water partition coefficient (Wildman–Crippen LogP) is 3.57. The summed E-state index contributed by atoms with van der Waals surface area (Å²) < 4.78 is 5.74. The van der Waals surface area contributed by atoms with E-state index in [0.29, 0.717) is 12.6 Å². The highest BCUT2D eigenvalue weighted by atomic mass is 32.1. The molecule has 1 heterocycles. The Hall–Kier alpha value is -1.39. The smallest absolute Gasteiger partial charge is 0.131 e. The standard InChI is InChI=1S/C16H22N2OS/c1-12(17-3)4-5-14-6-8-16(9-7-14)19-10-15-11-20-13(2)18-15/h6-9,11-12,17H,4-5,10H2,1-3H3. The van der Waals surface area contributed by atoms with E-state index in [4.69, 9.17) is 4.74 Å². The molecular formula is C16H22N2OS. The summed E-state index contributed by atoms with van der Waals surface area (Å²) in [6.45, 7) is 4.75. The molecule has 4 heteroatoms. The Morgan fingerprint density at radius 2 is 2.05 bits per heavy atom. The first-order valence-electron chi connectivity index (χ1n) is 6.97. The molecular weight excluding hydrogens is 268 g/mol. The van der Waals surface area contributed by atoms with Gasteiger partial charge >= 0.3 is 0 Å². The molecule has 1 atom stereocenters. The van der Waals surface area contributed by atoms with Gasteiger partial charge < -0.3 is 10.1 Å². The van der Waals surface area contributed by atoms with Gasteiger partial charge in [0.25, 0.3) is 0 Å². The van der Waals surface area contributed by atoms with Crippen molar-refractivity contribution >= 4 is 11.3 Å². The van der Waals surface area contributed by atoms with Crippen molar-refractivity contribution in [3.05, 3.63) is 45.9 Å². The lowest BCUT2D eigenvalue weighted by molar-refractivity contribution is 0.302. The maximum Gasteiger partial charge on any atom is 0.131 e. The van der Waals surface area contributed by atoms with Gasteiger partial charge in [-0.05, 0) is 51.4 Å². The van der Waals surface area contributed by atoms with Crippen molar-refractivity contribution in [1.29, 1.82) is 0 Å². The molecule has 0 fully saturated rings. The van der Waals surface area contributed by atoms with Crippen LogP contribution in [0.5, 0.6) is 5.75 Å². The van der Waals surface area contributed by atoms with Crippen molar-refractivity contribution in [2.24, 2.45) is 0 Å². The van der Waals surface area contributed by atoms with E-state index in [1.807, 2.05) is 31.5 Å². The minimum Gasteiger partial charge on any atom is -0.487 e. The quantitative estimate of drug-likeness (QED) is 0.846. The van der Waals surface area contributed by atoms with Crippen molar-refractivity contribution in [2.45, 2.75) is 39.3 Å². The monoisotopic (exact) mass is 290 g/mol. The third-order valence-electron chi connectivity index (χ3n) is 3.34. The van der Waals surface area contributed by atoms with Crippen LogP contribution in [0.4, 0.5) is 0 Å². The highest BCUT2D eigenvalue weighted by molar-refractivity contribution is 7.09. The molecule has 1 N–H and O–H groups in total. The van der Waals surface area contributed by atoms with Gasteiger partial charge in [-0.15, -0.1) is 11.3 Å². The van der Waals surface area contributed by atoms with Gasteiger partial charge in [-0.25, -0.2) is 4.98 Å². The second kappa shape index (κ2) is 7.41. The maximum absolute atomic E-state index is 5.74. The van der Waals surface area contributed by atoms with Gasteiger partial charge in [0.1, 0.15) is 12.4 Å². The number of benzene rings is 1. The summed E-state index contributed by atoms with van der Waals surface area (Å²) in [7, 11) is 2.00. The van der Waals surface area contributed by atoms with Crippen molar-refractivity contribution in [1.82, 2.24) is 10.3 Å². The lowest BCUT2D eigenvalue weighted by Crippen LogP contribution is -2.21. The van der Waals surface area contributed by atoms with Crippen LogP contribution in [0.2, 0.25) is 0 Å². The van der Waals surface area contributed by atoms with Crippen molar-refractivity contribution in [2.75, 3.05) is 7.05 Å². The zero-order valence-corrected chi connectivity index (χ0v) is 13.2. The van der Waals surface area contributed by atoms with E-state index in [0.717, 1.165) is 29.3 Å². The highest BCUT2D eigenvalue weighted by Gasteiger charge is 2.02. The van der Waals surface area contributed by atoms with Gasteiger partial charge in [0.05, 0.1) is 10.7 Å². The Morgan fingerprint density at radius 3 is 2.65 bits per heavy atom. The molecule has 1 aromatic heterocycles. The van der Waals surface area contributed by atoms with Crippen LogP contribution in [0.15, 0.2) is 29.6 Å². The molecule has 0 aliphatic heterocycles. The number of aromatic nitrogens is 1. The Morgan fingerprint density at radius 1 is 1.30 bits per heavy atom. The predicted molar refractivity (Wildman–Crippen MR) is 84.5 cm³/mol. The molecule has 108 valence electrons. The van der Waals surface area contributed by atoms with E-state index in [1.165, 1.54) is 5.56 Å². The second-order valence-electron chi connectivity index (χ2n) is 5.02. The molecule has 0 bridgehead atoms. The van der Waals surface area contributed by atoms with E-state index in [-0.39, 0.29) is 0 Å². The van der Waals surface area contributed by atoms with Gasteiger partial charge in [-0.1, -0.05) is 12.1 Å². The van der Waals surface area contributed by atoms with Crippen LogP contribution < -0.4 is 10.1 Å². The number of nitrogens with zero attached hydrogens (tertiary/aromatic N) is 1. The number of nitrogens with one attached hydrogen (secondary N) is 1. The first kappa shape index (κ1) is 15.0. The second-order valence-corrected chi connectivity index (χ2v) is 6.08. The number of aryl methyl sites for hydroxylation is 2. The molecule has 0 aliphatic rings. The largest absolute Gasteiger partial charge is 0.487 e. The summed E-state index contributed by atoms with van der Waals surface area (Å²) in [4.78, 5) is 4.39. The summed E-state index contributed by atoms with van der Waals surface area (Å²) in [6.07, 6.45) is 2.24. The van der Waals surface area contributed by atoms with Crippen LogP contribution in [-0.2, 0) is 13.0 Å². The number of hydrogen-bond acceptors (Lipinski definition) is 4. The lowest BCUT2D eigenvalue weighted by Gasteiger charge is -2.10. The van der Waals surface area contributed by atoms with Crippen molar-refractivity contribution in [3.8, 4) is 5.75 Å².